The van der Waals surface area contributed by atoms with Gasteiger partial charge >= 0.3 is 0 Å². The molecular weight excluding hydrogens is 315 g/mol. The molecule has 0 aromatic heterocycles. The van der Waals surface area contributed by atoms with Crippen molar-refractivity contribution in [3.8, 4) is 0 Å². The van der Waals surface area contributed by atoms with Crippen molar-refractivity contribution in [2.75, 3.05) is 6.54 Å². The molecule has 2 aromatic rings. The summed E-state index contributed by atoms with van der Waals surface area (Å²) in [5.74, 6) is -1.22. The Morgan fingerprint density at radius 1 is 1.10 bits per heavy atom. The van der Waals surface area contributed by atoms with E-state index in [-0.39, 0.29) is 0 Å². The number of halogens is 4. The monoisotopic (exact) mass is 329 g/mol. The van der Waals surface area contributed by atoms with Crippen LogP contribution in [0, 0.1) is 11.6 Å². The van der Waals surface area contributed by atoms with Crippen molar-refractivity contribution in [1.82, 2.24) is 5.32 Å². The van der Waals surface area contributed by atoms with Gasteiger partial charge in [0.05, 0.1) is 16.1 Å². The van der Waals surface area contributed by atoms with E-state index < -0.39 is 17.7 Å². The van der Waals surface area contributed by atoms with E-state index in [1.165, 1.54) is 12.1 Å². The average Bonchev–Trinajstić information content (AvgIpc) is 2.45. The lowest BCUT2D eigenvalue weighted by Crippen LogP contribution is -2.24. The second kappa shape index (κ2) is 7.21. The van der Waals surface area contributed by atoms with Crippen LogP contribution in [0.25, 0.3) is 0 Å². The molecule has 0 aliphatic carbocycles. The van der Waals surface area contributed by atoms with Gasteiger partial charge in [-0.3, -0.25) is 0 Å². The number of hydrogen-bond donors (Lipinski definition) is 1. The second-order valence-electron chi connectivity index (χ2n) is 4.70. The van der Waals surface area contributed by atoms with Gasteiger partial charge in [0.25, 0.3) is 0 Å². The molecule has 1 N–H and O–H groups in total. The Kier molecular flexibility index (Phi) is 5.57. The summed E-state index contributed by atoms with van der Waals surface area (Å²) in [4.78, 5) is 0. The summed E-state index contributed by atoms with van der Waals surface area (Å²) in [5.41, 5.74) is 1.01. The van der Waals surface area contributed by atoms with Crippen LogP contribution >= 0.6 is 23.2 Å². The Hall–Kier alpha value is -1.16. The fourth-order valence-corrected chi connectivity index (χ4v) is 2.57. The van der Waals surface area contributed by atoms with Crippen LogP contribution in [0.5, 0.6) is 0 Å². The molecule has 0 saturated heterocycles. The van der Waals surface area contributed by atoms with Crippen LogP contribution in [-0.2, 0) is 0 Å². The highest BCUT2D eigenvalue weighted by Gasteiger charge is 2.21. The van der Waals surface area contributed by atoms with Crippen LogP contribution in [0.1, 0.15) is 30.5 Å². The number of benzene rings is 2. The lowest BCUT2D eigenvalue weighted by Gasteiger charge is -2.21. The third kappa shape index (κ3) is 3.73. The van der Waals surface area contributed by atoms with Gasteiger partial charge in [-0.1, -0.05) is 48.3 Å². The van der Waals surface area contributed by atoms with Gasteiger partial charge < -0.3 is 5.32 Å². The number of nitrogens with one attached hydrogen (secondary N) is 1. The largest absolute Gasteiger partial charge is 0.306 e. The van der Waals surface area contributed by atoms with Gasteiger partial charge in [0.1, 0.15) is 11.6 Å². The molecule has 0 saturated carbocycles. The van der Waals surface area contributed by atoms with Crippen LogP contribution in [-0.4, -0.2) is 6.54 Å². The maximum absolute atomic E-state index is 14.1. The third-order valence-electron chi connectivity index (χ3n) is 3.16. The Labute approximate surface area is 132 Å². The lowest BCUT2D eigenvalue weighted by molar-refractivity contribution is 0.533. The van der Waals surface area contributed by atoms with E-state index in [2.05, 4.69) is 5.32 Å². The van der Waals surface area contributed by atoms with E-state index in [0.29, 0.717) is 27.7 Å². The molecule has 0 spiro atoms. The van der Waals surface area contributed by atoms with Gasteiger partial charge in [-0.15, -0.1) is 0 Å². The number of hydrogen-bond acceptors (Lipinski definition) is 1. The highest BCUT2D eigenvalue weighted by molar-refractivity contribution is 6.42. The zero-order valence-corrected chi connectivity index (χ0v) is 13.0. The SMILES string of the molecule is CCCNC(c1ccc(F)cc1F)c1cccc(Cl)c1Cl. The van der Waals surface area contributed by atoms with Gasteiger partial charge in [-0.2, -0.15) is 0 Å². The quantitative estimate of drug-likeness (QED) is 0.778. The molecule has 1 atom stereocenters. The summed E-state index contributed by atoms with van der Waals surface area (Å²) in [5, 5.41) is 4.00. The second-order valence-corrected chi connectivity index (χ2v) is 5.48. The Morgan fingerprint density at radius 3 is 2.52 bits per heavy atom. The normalized spacial score (nSPS) is 12.4. The van der Waals surface area contributed by atoms with Crippen molar-refractivity contribution in [3.63, 3.8) is 0 Å². The predicted octanol–water partition coefficient (Wildman–Crippen LogP) is 5.36. The van der Waals surface area contributed by atoms with Crippen LogP contribution < -0.4 is 5.32 Å². The van der Waals surface area contributed by atoms with E-state index in [4.69, 9.17) is 23.2 Å². The van der Waals surface area contributed by atoms with E-state index >= 15 is 0 Å². The molecule has 0 heterocycles. The summed E-state index contributed by atoms with van der Waals surface area (Å²) in [7, 11) is 0. The van der Waals surface area contributed by atoms with E-state index in [1.54, 1.807) is 18.2 Å². The summed E-state index contributed by atoms with van der Waals surface area (Å²) < 4.78 is 27.2. The zero-order valence-electron chi connectivity index (χ0n) is 11.5. The minimum Gasteiger partial charge on any atom is -0.306 e. The molecular formula is C16H15Cl2F2N. The molecule has 2 rings (SSSR count). The number of rotatable bonds is 5. The molecule has 2 aromatic carbocycles. The highest BCUT2D eigenvalue weighted by atomic mass is 35.5. The van der Waals surface area contributed by atoms with Crippen LogP contribution in [0.2, 0.25) is 10.0 Å². The Balaban J connectivity index is 2.49. The van der Waals surface area contributed by atoms with Gasteiger partial charge in [-0.05, 0) is 30.7 Å². The first-order valence-corrected chi connectivity index (χ1v) is 7.42. The Bertz CT molecular complexity index is 632. The van der Waals surface area contributed by atoms with Gasteiger partial charge in [-0.25, -0.2) is 8.78 Å². The topological polar surface area (TPSA) is 12.0 Å². The van der Waals surface area contributed by atoms with Crippen LogP contribution in [0.3, 0.4) is 0 Å². The van der Waals surface area contributed by atoms with E-state index in [9.17, 15) is 8.78 Å². The lowest BCUT2D eigenvalue weighted by atomic mass is 9.97. The molecule has 21 heavy (non-hydrogen) atoms. The van der Waals surface area contributed by atoms with Crippen molar-refractivity contribution in [2.24, 2.45) is 0 Å². The molecule has 0 bridgehead atoms. The van der Waals surface area contributed by atoms with Crippen LogP contribution in [0.4, 0.5) is 8.78 Å². The van der Waals surface area contributed by atoms with Crippen molar-refractivity contribution in [2.45, 2.75) is 19.4 Å². The Morgan fingerprint density at radius 2 is 1.86 bits per heavy atom. The molecule has 0 amide bonds. The van der Waals surface area contributed by atoms with Crippen molar-refractivity contribution in [1.29, 1.82) is 0 Å². The molecule has 0 aliphatic rings. The minimum absolute atomic E-state index is 0.342. The molecule has 0 radical (unpaired) electrons. The summed E-state index contributed by atoms with van der Waals surface area (Å²) in [6.45, 7) is 2.68. The minimum atomic E-state index is -0.611. The van der Waals surface area contributed by atoms with Gasteiger partial charge in [0.2, 0.25) is 0 Å². The van der Waals surface area contributed by atoms with Gasteiger partial charge in [0, 0.05) is 11.6 Å². The summed E-state index contributed by atoms with van der Waals surface area (Å²) in [6, 6.07) is 8.26. The first-order valence-electron chi connectivity index (χ1n) is 6.66. The third-order valence-corrected chi connectivity index (χ3v) is 4.00. The first kappa shape index (κ1) is 16.2. The van der Waals surface area contributed by atoms with Gasteiger partial charge in [0.15, 0.2) is 0 Å². The predicted molar refractivity (Wildman–Crippen MR) is 83.0 cm³/mol. The molecule has 1 nitrogen and oxygen atoms in total. The zero-order chi connectivity index (χ0) is 15.4. The van der Waals surface area contributed by atoms with Crippen LogP contribution in [0.15, 0.2) is 36.4 Å². The standard InChI is InChI=1S/C16H15Cl2F2N/c1-2-8-21-16(11-7-6-10(19)9-14(11)20)12-4-3-5-13(17)15(12)18/h3-7,9,16,21H,2,8H2,1H3. The molecule has 1 unspecified atom stereocenters. The van der Waals surface area contributed by atoms with E-state index in [0.717, 1.165) is 12.5 Å². The maximum Gasteiger partial charge on any atom is 0.131 e. The summed E-state index contributed by atoms with van der Waals surface area (Å²) in [6.07, 6.45) is 0.873. The molecule has 0 fully saturated rings. The molecule has 5 heteroatoms. The smallest absolute Gasteiger partial charge is 0.131 e. The maximum atomic E-state index is 14.1. The molecule has 0 aliphatic heterocycles. The van der Waals surface area contributed by atoms with E-state index in [1.807, 2.05) is 6.92 Å². The molecule has 112 valence electrons. The first-order chi connectivity index (χ1) is 10.0. The van der Waals surface area contributed by atoms with Crippen molar-refractivity contribution >= 4 is 23.2 Å². The fourth-order valence-electron chi connectivity index (χ4n) is 2.16. The fraction of sp³-hybridized carbons (Fsp3) is 0.250. The summed E-state index contributed by atoms with van der Waals surface area (Å²) >= 11 is 12.3. The van der Waals surface area contributed by atoms with Crippen molar-refractivity contribution < 1.29 is 8.78 Å². The highest BCUT2D eigenvalue weighted by Crippen LogP contribution is 2.34. The average molecular weight is 330 g/mol. The van der Waals surface area contributed by atoms with Crippen molar-refractivity contribution in [3.05, 3.63) is 69.2 Å².